The molecule has 0 aliphatic heterocycles. The maximum atomic E-state index is 12.4. The summed E-state index contributed by atoms with van der Waals surface area (Å²) >= 11 is 1.48. The number of carbonyl (C=O) groups excluding carboxylic acids is 4. The minimum atomic E-state index is -0.518. The number of hydrogen-bond donors (Lipinski definition) is 2. The second-order valence-electron chi connectivity index (χ2n) is 7.16. The Kier molecular flexibility index (Phi) is 13.9. The fraction of sp³-hybridized carbons (Fsp3) is 0.700. The van der Waals surface area contributed by atoms with E-state index < -0.39 is 11.9 Å². The van der Waals surface area contributed by atoms with Crippen LogP contribution in [0.4, 0.5) is 0 Å². The van der Waals surface area contributed by atoms with Crippen molar-refractivity contribution in [1.82, 2.24) is 10.6 Å². The number of ether oxygens (including phenoxy) is 2. The van der Waals surface area contributed by atoms with E-state index in [1.165, 1.54) is 25.6 Å². The van der Waals surface area contributed by atoms with Gasteiger partial charge >= 0.3 is 11.9 Å². The van der Waals surface area contributed by atoms with Crippen molar-refractivity contribution in [3.63, 3.8) is 0 Å². The Bertz CT molecular complexity index is 579. The third-order valence-corrected chi connectivity index (χ3v) is 4.72. The van der Waals surface area contributed by atoms with Gasteiger partial charge in [0.25, 0.3) is 0 Å². The van der Waals surface area contributed by atoms with Crippen LogP contribution in [0.5, 0.6) is 0 Å². The van der Waals surface area contributed by atoms with E-state index in [-0.39, 0.29) is 55.0 Å². The number of nitrogens with one attached hydrogen (secondary N) is 2. The van der Waals surface area contributed by atoms with E-state index in [0.29, 0.717) is 17.9 Å². The number of amides is 2. The first-order valence-corrected chi connectivity index (χ1v) is 10.8. The SMILES string of the molecule is C=C(C)C(=O)OCCOC(=O)CCSCC(CC(C)NC(C)=O)C(=O)NC(C)C. The van der Waals surface area contributed by atoms with Crippen molar-refractivity contribution in [2.45, 2.75) is 59.5 Å². The van der Waals surface area contributed by atoms with Crippen LogP contribution < -0.4 is 10.6 Å². The fourth-order valence-corrected chi connectivity index (χ4v) is 3.40. The summed E-state index contributed by atoms with van der Waals surface area (Å²) in [5, 5.41) is 5.69. The van der Waals surface area contributed by atoms with Gasteiger partial charge in [0, 0.05) is 42.0 Å². The zero-order valence-electron chi connectivity index (χ0n) is 18.0. The van der Waals surface area contributed by atoms with Gasteiger partial charge in [0.2, 0.25) is 11.8 Å². The summed E-state index contributed by atoms with van der Waals surface area (Å²) in [6, 6.07) is -0.0945. The maximum absolute atomic E-state index is 12.4. The van der Waals surface area contributed by atoms with Crippen molar-refractivity contribution in [3.8, 4) is 0 Å². The van der Waals surface area contributed by atoms with E-state index in [0.717, 1.165) is 0 Å². The zero-order chi connectivity index (χ0) is 22.4. The molecule has 0 saturated heterocycles. The molecule has 0 rings (SSSR count). The van der Waals surface area contributed by atoms with E-state index in [1.54, 1.807) is 0 Å². The second kappa shape index (κ2) is 14.9. The molecule has 29 heavy (non-hydrogen) atoms. The van der Waals surface area contributed by atoms with E-state index in [2.05, 4.69) is 17.2 Å². The van der Waals surface area contributed by atoms with Gasteiger partial charge in [0.1, 0.15) is 13.2 Å². The summed E-state index contributed by atoms with van der Waals surface area (Å²) in [5.41, 5.74) is 0.289. The van der Waals surface area contributed by atoms with Crippen LogP contribution >= 0.6 is 11.8 Å². The number of thioether (sulfide) groups is 1. The molecule has 2 N–H and O–H groups in total. The molecule has 0 fully saturated rings. The third kappa shape index (κ3) is 14.6. The molecular weight excluding hydrogens is 396 g/mol. The molecule has 9 heteroatoms. The van der Waals surface area contributed by atoms with Crippen molar-refractivity contribution in [2.24, 2.45) is 5.92 Å². The van der Waals surface area contributed by atoms with Crippen molar-refractivity contribution in [3.05, 3.63) is 12.2 Å². The van der Waals surface area contributed by atoms with Crippen LogP contribution in [-0.4, -0.2) is 60.6 Å². The van der Waals surface area contributed by atoms with Crippen LogP contribution in [0.1, 0.15) is 47.5 Å². The summed E-state index contributed by atoms with van der Waals surface area (Å²) in [4.78, 5) is 46.5. The third-order valence-electron chi connectivity index (χ3n) is 3.59. The lowest BCUT2D eigenvalue weighted by molar-refractivity contribution is -0.149. The number of esters is 2. The van der Waals surface area contributed by atoms with E-state index in [9.17, 15) is 19.2 Å². The van der Waals surface area contributed by atoms with Crippen molar-refractivity contribution in [1.29, 1.82) is 0 Å². The molecule has 0 spiro atoms. The molecule has 0 aliphatic carbocycles. The summed E-state index contributed by atoms with van der Waals surface area (Å²) in [6.07, 6.45) is 0.711. The molecule has 8 nitrogen and oxygen atoms in total. The number of hydrogen-bond acceptors (Lipinski definition) is 7. The van der Waals surface area contributed by atoms with Gasteiger partial charge < -0.3 is 20.1 Å². The normalized spacial score (nSPS) is 12.6. The van der Waals surface area contributed by atoms with Crippen LogP contribution in [-0.2, 0) is 28.7 Å². The fourth-order valence-electron chi connectivity index (χ4n) is 2.35. The van der Waals surface area contributed by atoms with Gasteiger partial charge in [-0.3, -0.25) is 14.4 Å². The highest BCUT2D eigenvalue weighted by molar-refractivity contribution is 7.99. The molecule has 0 heterocycles. The summed E-state index contributed by atoms with van der Waals surface area (Å²) < 4.78 is 9.84. The first-order valence-electron chi connectivity index (χ1n) is 9.66. The van der Waals surface area contributed by atoms with Gasteiger partial charge in [-0.25, -0.2) is 4.79 Å². The predicted molar refractivity (Wildman–Crippen MR) is 113 cm³/mol. The molecule has 0 aromatic heterocycles. The quantitative estimate of drug-likeness (QED) is 0.246. The molecule has 0 radical (unpaired) electrons. The summed E-state index contributed by atoms with van der Waals surface area (Å²) in [6.45, 7) is 12.1. The standard InChI is InChI=1S/C20H34N2O6S/c1-13(2)20(26)28-9-8-27-18(24)7-10-29-12-17(19(25)21-14(3)4)11-15(5)22-16(6)23/h14-15,17H,1,7-12H2,2-6H3,(H,21,25)(H,22,23). The maximum Gasteiger partial charge on any atom is 0.333 e. The average molecular weight is 431 g/mol. The Balaban J connectivity index is 4.25. The van der Waals surface area contributed by atoms with Gasteiger partial charge in [0.05, 0.1) is 6.42 Å². The molecule has 2 unspecified atom stereocenters. The highest BCUT2D eigenvalue weighted by Crippen LogP contribution is 2.16. The molecule has 0 aromatic carbocycles. The van der Waals surface area contributed by atoms with E-state index >= 15 is 0 Å². The Morgan fingerprint density at radius 2 is 1.62 bits per heavy atom. The largest absolute Gasteiger partial charge is 0.462 e. The lowest BCUT2D eigenvalue weighted by Crippen LogP contribution is -2.40. The first kappa shape index (κ1) is 27.0. The van der Waals surface area contributed by atoms with E-state index in [1.807, 2.05) is 20.8 Å². The molecule has 0 bridgehead atoms. The minimum Gasteiger partial charge on any atom is -0.462 e. The van der Waals surface area contributed by atoms with E-state index in [4.69, 9.17) is 9.47 Å². The van der Waals surface area contributed by atoms with Gasteiger partial charge in [0.15, 0.2) is 0 Å². The molecular formula is C20H34N2O6S. The molecule has 2 atom stereocenters. The highest BCUT2D eigenvalue weighted by Gasteiger charge is 2.22. The van der Waals surface area contributed by atoms with Gasteiger partial charge in [-0.15, -0.1) is 0 Å². The average Bonchev–Trinajstić information content (AvgIpc) is 2.59. The monoisotopic (exact) mass is 430 g/mol. The number of carbonyl (C=O) groups is 4. The Morgan fingerprint density at radius 1 is 1.00 bits per heavy atom. The molecule has 2 amide bonds. The Labute approximate surface area is 177 Å². The van der Waals surface area contributed by atoms with Gasteiger partial charge in [-0.2, -0.15) is 11.8 Å². The molecule has 0 aliphatic rings. The Morgan fingerprint density at radius 3 is 2.17 bits per heavy atom. The molecule has 166 valence electrons. The van der Waals surface area contributed by atoms with Gasteiger partial charge in [-0.05, 0) is 34.1 Å². The number of rotatable bonds is 14. The van der Waals surface area contributed by atoms with Crippen molar-refractivity contribution < 1.29 is 28.7 Å². The van der Waals surface area contributed by atoms with Crippen LogP contribution in [0, 0.1) is 5.92 Å². The zero-order valence-corrected chi connectivity index (χ0v) is 18.9. The molecule has 0 saturated carbocycles. The highest BCUT2D eigenvalue weighted by atomic mass is 32.2. The minimum absolute atomic E-state index is 0.00380. The Hall–Kier alpha value is -2.03. The summed E-state index contributed by atoms with van der Waals surface area (Å²) in [7, 11) is 0. The van der Waals surface area contributed by atoms with Crippen molar-refractivity contribution in [2.75, 3.05) is 24.7 Å². The van der Waals surface area contributed by atoms with Crippen LogP contribution in [0.25, 0.3) is 0 Å². The molecule has 0 aromatic rings. The topological polar surface area (TPSA) is 111 Å². The van der Waals surface area contributed by atoms with Gasteiger partial charge in [-0.1, -0.05) is 6.58 Å². The predicted octanol–water partition coefficient (Wildman–Crippen LogP) is 1.83. The van der Waals surface area contributed by atoms with Crippen LogP contribution in [0.15, 0.2) is 12.2 Å². The van der Waals surface area contributed by atoms with Crippen LogP contribution in [0.3, 0.4) is 0 Å². The lowest BCUT2D eigenvalue weighted by Gasteiger charge is -2.22. The lowest BCUT2D eigenvalue weighted by atomic mass is 10.0. The van der Waals surface area contributed by atoms with Crippen molar-refractivity contribution >= 4 is 35.5 Å². The second-order valence-corrected chi connectivity index (χ2v) is 8.31. The summed E-state index contributed by atoms with van der Waals surface area (Å²) in [5.74, 6) is -0.344. The first-order chi connectivity index (χ1) is 13.5. The smallest absolute Gasteiger partial charge is 0.333 e. The van der Waals surface area contributed by atoms with Crippen LogP contribution in [0.2, 0.25) is 0 Å².